The number of benzene rings is 1. The van der Waals surface area contributed by atoms with Crippen molar-refractivity contribution in [1.82, 2.24) is 10.3 Å². The van der Waals surface area contributed by atoms with Crippen LogP contribution >= 0.6 is 0 Å². The smallest absolute Gasteiger partial charge is 0.130 e. The van der Waals surface area contributed by atoms with Gasteiger partial charge in [-0.2, -0.15) is 0 Å². The molecular weight excluding hydrogens is 212 g/mol. The van der Waals surface area contributed by atoms with Crippen molar-refractivity contribution >= 4 is 0 Å². The Labute approximate surface area is 101 Å². The van der Waals surface area contributed by atoms with E-state index in [0.717, 1.165) is 30.3 Å². The Hall–Kier alpha value is -1.87. The predicted octanol–water partition coefficient (Wildman–Crippen LogP) is 2.98. The average molecular weight is 228 g/mol. The third kappa shape index (κ3) is 3.57. The second-order valence-electron chi connectivity index (χ2n) is 3.68. The summed E-state index contributed by atoms with van der Waals surface area (Å²) in [6.45, 7) is 3.78. The van der Waals surface area contributed by atoms with Crippen LogP contribution in [0.3, 0.4) is 0 Å². The van der Waals surface area contributed by atoms with Gasteiger partial charge in [-0.15, -0.1) is 0 Å². The molecule has 88 valence electrons. The molecule has 0 aliphatic heterocycles. The molecule has 0 fully saturated rings. The third-order valence-corrected chi connectivity index (χ3v) is 2.32. The lowest BCUT2D eigenvalue weighted by atomic mass is 10.3. The van der Waals surface area contributed by atoms with Gasteiger partial charge in [0.1, 0.15) is 11.5 Å². The summed E-state index contributed by atoms with van der Waals surface area (Å²) in [5, 5.41) is 3.24. The first-order chi connectivity index (χ1) is 8.38. The van der Waals surface area contributed by atoms with E-state index in [1.807, 2.05) is 42.5 Å². The molecule has 3 nitrogen and oxygen atoms in total. The van der Waals surface area contributed by atoms with E-state index in [4.69, 9.17) is 4.74 Å². The lowest BCUT2D eigenvalue weighted by Gasteiger charge is -2.07. The standard InChI is InChI=1S/C14H16N2O/c1-2-15-11-12-10-14(8-9-16-12)17-13-6-4-3-5-7-13/h3-10,15H,2,11H2,1H3. The molecule has 0 aliphatic carbocycles. The summed E-state index contributed by atoms with van der Waals surface area (Å²) in [5.74, 6) is 1.66. The van der Waals surface area contributed by atoms with Crippen molar-refractivity contribution in [2.75, 3.05) is 6.54 Å². The van der Waals surface area contributed by atoms with Crippen LogP contribution in [0.4, 0.5) is 0 Å². The van der Waals surface area contributed by atoms with E-state index in [1.165, 1.54) is 0 Å². The van der Waals surface area contributed by atoms with Crippen molar-refractivity contribution in [1.29, 1.82) is 0 Å². The Morgan fingerprint density at radius 2 is 1.94 bits per heavy atom. The number of hydrogen-bond acceptors (Lipinski definition) is 3. The van der Waals surface area contributed by atoms with Crippen LogP contribution in [0.1, 0.15) is 12.6 Å². The second-order valence-corrected chi connectivity index (χ2v) is 3.68. The number of nitrogens with zero attached hydrogens (tertiary/aromatic N) is 1. The van der Waals surface area contributed by atoms with Gasteiger partial charge < -0.3 is 10.1 Å². The maximum absolute atomic E-state index is 5.73. The van der Waals surface area contributed by atoms with Crippen molar-refractivity contribution < 1.29 is 4.74 Å². The Morgan fingerprint density at radius 1 is 1.12 bits per heavy atom. The molecule has 1 aromatic carbocycles. The minimum absolute atomic E-state index is 0.766. The maximum atomic E-state index is 5.73. The minimum atomic E-state index is 0.766. The molecule has 0 unspecified atom stereocenters. The SMILES string of the molecule is CCNCc1cc(Oc2ccccc2)ccn1. The van der Waals surface area contributed by atoms with Crippen LogP contribution in [0.5, 0.6) is 11.5 Å². The Morgan fingerprint density at radius 3 is 2.71 bits per heavy atom. The molecule has 1 N–H and O–H groups in total. The Bertz CT molecular complexity index is 457. The molecule has 1 aromatic heterocycles. The average Bonchev–Trinajstić information content (AvgIpc) is 2.38. The molecule has 0 saturated carbocycles. The summed E-state index contributed by atoms with van der Waals surface area (Å²) in [7, 11) is 0. The van der Waals surface area contributed by atoms with Crippen molar-refractivity contribution in [2.45, 2.75) is 13.5 Å². The molecule has 3 heteroatoms. The van der Waals surface area contributed by atoms with Crippen LogP contribution in [0, 0.1) is 0 Å². The fourth-order valence-electron chi connectivity index (χ4n) is 1.49. The number of aromatic nitrogens is 1. The summed E-state index contributed by atoms with van der Waals surface area (Å²) in [6, 6.07) is 13.6. The Kier molecular flexibility index (Phi) is 4.11. The van der Waals surface area contributed by atoms with Crippen LogP contribution < -0.4 is 10.1 Å². The van der Waals surface area contributed by atoms with Crippen LogP contribution in [0.2, 0.25) is 0 Å². The van der Waals surface area contributed by atoms with Crippen molar-refractivity contribution in [3.05, 3.63) is 54.4 Å². The lowest BCUT2D eigenvalue weighted by Crippen LogP contribution is -2.12. The van der Waals surface area contributed by atoms with Gasteiger partial charge in [-0.1, -0.05) is 25.1 Å². The first-order valence-corrected chi connectivity index (χ1v) is 5.77. The molecule has 0 bridgehead atoms. The number of para-hydroxylation sites is 1. The molecule has 0 atom stereocenters. The summed E-state index contributed by atoms with van der Waals surface area (Å²) in [6.07, 6.45) is 1.77. The van der Waals surface area contributed by atoms with Gasteiger partial charge >= 0.3 is 0 Å². The van der Waals surface area contributed by atoms with Gasteiger partial charge in [-0.3, -0.25) is 4.98 Å². The van der Waals surface area contributed by atoms with E-state index >= 15 is 0 Å². The van der Waals surface area contributed by atoms with Crippen LogP contribution in [-0.2, 0) is 6.54 Å². The number of hydrogen-bond donors (Lipinski definition) is 1. The number of rotatable bonds is 5. The maximum Gasteiger partial charge on any atom is 0.130 e. The molecule has 1 heterocycles. The second kappa shape index (κ2) is 6.01. The fraction of sp³-hybridized carbons (Fsp3) is 0.214. The molecular formula is C14H16N2O. The lowest BCUT2D eigenvalue weighted by molar-refractivity contribution is 0.480. The first-order valence-electron chi connectivity index (χ1n) is 5.77. The van der Waals surface area contributed by atoms with Gasteiger partial charge in [0.2, 0.25) is 0 Å². The van der Waals surface area contributed by atoms with E-state index < -0.39 is 0 Å². The summed E-state index contributed by atoms with van der Waals surface area (Å²) in [4.78, 5) is 4.28. The molecule has 0 aliphatic rings. The van der Waals surface area contributed by atoms with Gasteiger partial charge in [0, 0.05) is 18.8 Å². The number of pyridine rings is 1. The summed E-state index contributed by atoms with van der Waals surface area (Å²) >= 11 is 0. The van der Waals surface area contributed by atoms with Crippen LogP contribution in [0.15, 0.2) is 48.7 Å². The van der Waals surface area contributed by atoms with Crippen molar-refractivity contribution in [2.24, 2.45) is 0 Å². The summed E-state index contributed by atoms with van der Waals surface area (Å²) < 4.78 is 5.73. The fourth-order valence-corrected chi connectivity index (χ4v) is 1.49. The van der Waals surface area contributed by atoms with Gasteiger partial charge in [-0.05, 0) is 24.7 Å². The van der Waals surface area contributed by atoms with E-state index in [9.17, 15) is 0 Å². The highest BCUT2D eigenvalue weighted by Gasteiger charge is 1.99. The monoisotopic (exact) mass is 228 g/mol. The van der Waals surface area contributed by atoms with E-state index in [1.54, 1.807) is 6.20 Å². The quantitative estimate of drug-likeness (QED) is 0.854. The Balaban J connectivity index is 2.06. The topological polar surface area (TPSA) is 34.1 Å². The normalized spacial score (nSPS) is 10.2. The molecule has 2 rings (SSSR count). The van der Waals surface area contributed by atoms with E-state index in [0.29, 0.717) is 0 Å². The zero-order chi connectivity index (χ0) is 11.9. The van der Waals surface area contributed by atoms with Gasteiger partial charge in [0.25, 0.3) is 0 Å². The molecule has 2 aromatic rings. The van der Waals surface area contributed by atoms with Crippen LogP contribution in [-0.4, -0.2) is 11.5 Å². The number of nitrogens with one attached hydrogen (secondary N) is 1. The first kappa shape index (κ1) is 11.6. The molecule has 0 spiro atoms. The molecule has 0 saturated heterocycles. The zero-order valence-electron chi connectivity index (χ0n) is 9.89. The van der Waals surface area contributed by atoms with E-state index in [2.05, 4.69) is 17.2 Å². The highest BCUT2D eigenvalue weighted by molar-refractivity contribution is 5.30. The molecule has 17 heavy (non-hydrogen) atoms. The minimum Gasteiger partial charge on any atom is -0.457 e. The van der Waals surface area contributed by atoms with Gasteiger partial charge in [0.05, 0.1) is 5.69 Å². The van der Waals surface area contributed by atoms with Crippen molar-refractivity contribution in [3.63, 3.8) is 0 Å². The van der Waals surface area contributed by atoms with Gasteiger partial charge in [0.15, 0.2) is 0 Å². The molecule has 0 radical (unpaired) electrons. The van der Waals surface area contributed by atoms with Gasteiger partial charge in [-0.25, -0.2) is 0 Å². The third-order valence-electron chi connectivity index (χ3n) is 2.32. The highest BCUT2D eigenvalue weighted by atomic mass is 16.5. The highest BCUT2D eigenvalue weighted by Crippen LogP contribution is 2.20. The van der Waals surface area contributed by atoms with Crippen LogP contribution in [0.25, 0.3) is 0 Å². The predicted molar refractivity (Wildman–Crippen MR) is 68.1 cm³/mol. The largest absolute Gasteiger partial charge is 0.457 e. The number of ether oxygens (including phenoxy) is 1. The summed E-state index contributed by atoms with van der Waals surface area (Å²) in [5.41, 5.74) is 0.986. The zero-order valence-corrected chi connectivity index (χ0v) is 9.89. The molecule has 0 amide bonds. The van der Waals surface area contributed by atoms with E-state index in [-0.39, 0.29) is 0 Å². The van der Waals surface area contributed by atoms with Crippen molar-refractivity contribution in [3.8, 4) is 11.5 Å².